The van der Waals surface area contributed by atoms with E-state index in [0.717, 1.165) is 29.8 Å². The molecular formula is C19H15ClF3N3O4S. The first-order chi connectivity index (χ1) is 14.4. The molecule has 0 aliphatic rings. The van der Waals surface area contributed by atoms with Crippen molar-refractivity contribution >= 4 is 27.5 Å². The Morgan fingerprint density at radius 3 is 2.19 bits per heavy atom. The number of ether oxygens (including phenoxy) is 1. The topological polar surface area (TPSA) is 90.3 Å². The van der Waals surface area contributed by atoms with Gasteiger partial charge in [0, 0.05) is 0 Å². The van der Waals surface area contributed by atoms with Gasteiger partial charge in [0.2, 0.25) is 0 Å². The van der Waals surface area contributed by atoms with E-state index in [-0.39, 0.29) is 16.4 Å². The average molecular weight is 474 g/mol. The zero-order valence-corrected chi connectivity index (χ0v) is 17.6. The monoisotopic (exact) mass is 473 g/mol. The molecule has 0 saturated heterocycles. The molecule has 1 N–H and O–H groups in total. The lowest BCUT2D eigenvalue weighted by atomic mass is 10.2. The van der Waals surface area contributed by atoms with E-state index in [1.54, 1.807) is 12.1 Å². The van der Waals surface area contributed by atoms with Crippen LogP contribution in [0.2, 0.25) is 5.15 Å². The molecule has 31 heavy (non-hydrogen) atoms. The quantitative estimate of drug-likeness (QED) is 0.601. The summed E-state index contributed by atoms with van der Waals surface area (Å²) in [6, 6.07) is 10.5. The van der Waals surface area contributed by atoms with Crippen LogP contribution in [-0.2, 0) is 10.0 Å². The van der Waals surface area contributed by atoms with Crippen LogP contribution < -0.4 is 9.46 Å². The first-order valence-corrected chi connectivity index (χ1v) is 10.5. The molecule has 1 aromatic heterocycles. The van der Waals surface area contributed by atoms with Crippen LogP contribution in [0.3, 0.4) is 0 Å². The predicted molar refractivity (Wildman–Crippen MR) is 106 cm³/mol. The largest absolute Gasteiger partial charge is 0.573 e. The maximum Gasteiger partial charge on any atom is 0.573 e. The molecule has 0 bridgehead atoms. The number of rotatable bonds is 5. The number of sulfonamides is 1. The molecule has 2 aromatic carbocycles. The van der Waals surface area contributed by atoms with Gasteiger partial charge in [0.1, 0.15) is 16.5 Å². The number of aryl methyl sites for hydroxylation is 2. The minimum Gasteiger partial charge on any atom is -0.406 e. The maximum absolute atomic E-state index is 12.6. The van der Waals surface area contributed by atoms with Crippen molar-refractivity contribution in [1.29, 1.82) is 0 Å². The van der Waals surface area contributed by atoms with Crippen LogP contribution in [0.15, 0.2) is 53.4 Å². The Kier molecular flexibility index (Phi) is 6.01. The lowest BCUT2D eigenvalue weighted by Gasteiger charge is -2.10. The predicted octanol–water partition coefficient (Wildman–Crippen LogP) is 4.16. The molecular weight excluding hydrogens is 459 g/mol. The molecule has 0 atom stereocenters. The van der Waals surface area contributed by atoms with E-state index in [4.69, 9.17) is 11.6 Å². The van der Waals surface area contributed by atoms with E-state index >= 15 is 0 Å². The van der Waals surface area contributed by atoms with E-state index in [1.807, 2.05) is 23.8 Å². The molecule has 0 fully saturated rings. The normalized spacial score (nSPS) is 11.9. The number of alkyl halides is 3. The number of nitrogens with zero attached hydrogens (tertiary/aromatic N) is 2. The highest BCUT2D eigenvalue weighted by Gasteiger charge is 2.31. The third kappa shape index (κ3) is 5.17. The fourth-order valence-electron chi connectivity index (χ4n) is 2.67. The lowest BCUT2D eigenvalue weighted by Crippen LogP contribution is -2.31. The number of hydrogen-bond acceptors (Lipinski definition) is 5. The first kappa shape index (κ1) is 22.6. The zero-order valence-electron chi connectivity index (χ0n) is 16.1. The third-order valence-corrected chi connectivity index (χ3v) is 5.80. The van der Waals surface area contributed by atoms with Gasteiger partial charge in [0.15, 0.2) is 0 Å². The van der Waals surface area contributed by atoms with Crippen molar-refractivity contribution in [1.82, 2.24) is 14.5 Å². The molecule has 0 spiro atoms. The maximum atomic E-state index is 12.6. The van der Waals surface area contributed by atoms with Gasteiger partial charge < -0.3 is 4.74 Å². The molecule has 0 aliphatic heterocycles. The highest BCUT2D eigenvalue weighted by atomic mass is 35.5. The van der Waals surface area contributed by atoms with E-state index in [9.17, 15) is 26.4 Å². The number of carbonyl (C=O) groups is 1. The van der Waals surface area contributed by atoms with Gasteiger partial charge in [0.25, 0.3) is 15.9 Å². The van der Waals surface area contributed by atoms with Crippen LogP contribution in [0, 0.1) is 13.8 Å². The van der Waals surface area contributed by atoms with Gasteiger partial charge in [-0.1, -0.05) is 29.3 Å². The zero-order chi connectivity index (χ0) is 23.0. The van der Waals surface area contributed by atoms with Crippen LogP contribution in [0.4, 0.5) is 13.2 Å². The van der Waals surface area contributed by atoms with Gasteiger partial charge in [-0.2, -0.15) is 5.10 Å². The smallest absolute Gasteiger partial charge is 0.406 e. The van der Waals surface area contributed by atoms with E-state index in [2.05, 4.69) is 9.84 Å². The Morgan fingerprint density at radius 2 is 1.65 bits per heavy atom. The van der Waals surface area contributed by atoms with Gasteiger partial charge in [-0.05, 0) is 50.2 Å². The van der Waals surface area contributed by atoms with E-state index < -0.39 is 32.9 Å². The number of aromatic nitrogens is 2. The number of benzene rings is 2. The third-order valence-electron chi connectivity index (χ3n) is 4.10. The Hall–Kier alpha value is -3.05. The Labute approximate surface area is 180 Å². The minimum atomic E-state index is -4.92. The number of nitrogens with one attached hydrogen (secondary N) is 1. The fourth-order valence-corrected chi connectivity index (χ4v) is 3.98. The minimum absolute atomic E-state index is 0.0945. The Balaban J connectivity index is 1.84. The van der Waals surface area contributed by atoms with Crippen molar-refractivity contribution in [3.8, 4) is 11.4 Å². The van der Waals surface area contributed by atoms with Gasteiger partial charge in [-0.15, -0.1) is 13.2 Å². The molecule has 12 heteroatoms. The van der Waals surface area contributed by atoms with Gasteiger partial charge >= 0.3 is 6.36 Å². The van der Waals surface area contributed by atoms with Gasteiger partial charge in [-0.25, -0.2) is 17.8 Å². The molecule has 1 heterocycles. The summed E-state index contributed by atoms with van der Waals surface area (Å²) in [5, 5.41) is 4.09. The lowest BCUT2D eigenvalue weighted by molar-refractivity contribution is -0.274. The van der Waals surface area contributed by atoms with E-state index in [0.29, 0.717) is 5.69 Å². The summed E-state index contributed by atoms with van der Waals surface area (Å²) < 4.78 is 68.5. The van der Waals surface area contributed by atoms with Crippen molar-refractivity contribution in [2.24, 2.45) is 0 Å². The molecule has 3 aromatic rings. The highest BCUT2D eigenvalue weighted by Crippen LogP contribution is 2.26. The molecule has 0 saturated carbocycles. The summed E-state index contributed by atoms with van der Waals surface area (Å²) in [7, 11) is -4.39. The number of halogens is 4. The summed E-state index contributed by atoms with van der Waals surface area (Å²) in [6.07, 6.45) is -4.92. The molecule has 3 rings (SSSR count). The van der Waals surface area contributed by atoms with Crippen molar-refractivity contribution in [2.75, 3.05) is 0 Å². The highest BCUT2D eigenvalue weighted by molar-refractivity contribution is 7.90. The van der Waals surface area contributed by atoms with Crippen molar-refractivity contribution in [3.05, 3.63) is 70.5 Å². The number of amides is 1. The van der Waals surface area contributed by atoms with Crippen molar-refractivity contribution < 1.29 is 31.1 Å². The molecule has 164 valence electrons. The van der Waals surface area contributed by atoms with Crippen molar-refractivity contribution in [3.63, 3.8) is 0 Å². The summed E-state index contributed by atoms with van der Waals surface area (Å²) in [6.45, 7) is 3.38. The number of carbonyl (C=O) groups excluding carboxylic acids is 1. The number of hydrogen-bond donors (Lipinski definition) is 1. The van der Waals surface area contributed by atoms with Crippen LogP contribution in [0.25, 0.3) is 5.69 Å². The van der Waals surface area contributed by atoms with Crippen molar-refractivity contribution in [2.45, 2.75) is 25.1 Å². The summed E-state index contributed by atoms with van der Waals surface area (Å²) in [5.74, 6) is -1.63. The second-order valence-electron chi connectivity index (χ2n) is 6.45. The van der Waals surface area contributed by atoms with Crippen LogP contribution >= 0.6 is 11.6 Å². The van der Waals surface area contributed by atoms with Crippen LogP contribution in [-0.4, -0.2) is 30.5 Å². The second kappa shape index (κ2) is 8.23. The Morgan fingerprint density at radius 1 is 1.06 bits per heavy atom. The summed E-state index contributed by atoms with van der Waals surface area (Å²) >= 11 is 6.28. The fraction of sp³-hybridized carbons (Fsp3) is 0.158. The molecule has 7 nitrogen and oxygen atoms in total. The molecule has 0 unspecified atom stereocenters. The molecule has 1 amide bonds. The summed E-state index contributed by atoms with van der Waals surface area (Å²) in [4.78, 5) is 12.2. The van der Waals surface area contributed by atoms with Crippen LogP contribution in [0.5, 0.6) is 5.75 Å². The van der Waals surface area contributed by atoms with Gasteiger partial charge in [0.05, 0.1) is 16.3 Å². The SMILES string of the molecule is Cc1ccc(-n2nc(C)c(C(=O)NS(=O)(=O)c3ccc(OC(F)(F)F)cc3)c2Cl)cc1. The summed E-state index contributed by atoms with van der Waals surface area (Å²) in [5.41, 5.74) is 1.61. The first-order valence-electron chi connectivity index (χ1n) is 8.62. The van der Waals surface area contributed by atoms with E-state index in [1.165, 1.54) is 11.6 Å². The molecule has 0 radical (unpaired) electrons. The molecule has 0 aliphatic carbocycles. The standard InChI is InChI=1S/C19H15ClF3N3O4S/c1-11-3-5-13(6-4-11)26-17(20)16(12(2)24-26)18(27)25-31(28,29)15-9-7-14(8-10-15)30-19(21,22)23/h3-10H,1-2H3,(H,25,27). The Bertz CT molecular complexity index is 1220. The van der Waals surface area contributed by atoms with Crippen LogP contribution in [0.1, 0.15) is 21.6 Å². The second-order valence-corrected chi connectivity index (χ2v) is 8.49. The van der Waals surface area contributed by atoms with Gasteiger partial charge in [-0.3, -0.25) is 4.79 Å². The average Bonchev–Trinajstić information content (AvgIpc) is 2.95.